The molecule has 8 heteroatoms. The van der Waals surface area contributed by atoms with E-state index in [1.54, 1.807) is 24.0 Å². The summed E-state index contributed by atoms with van der Waals surface area (Å²) in [5.74, 6) is 1.19. The van der Waals surface area contributed by atoms with E-state index in [0.717, 1.165) is 24.9 Å². The van der Waals surface area contributed by atoms with E-state index in [1.165, 1.54) is 31.4 Å². The molecule has 0 N–H and O–H groups in total. The fraction of sp³-hybridized carbons (Fsp3) is 0.500. The molecule has 7 nitrogen and oxygen atoms in total. The molecule has 0 bridgehead atoms. The van der Waals surface area contributed by atoms with Crippen LogP contribution in [0.15, 0.2) is 36.5 Å². The van der Waals surface area contributed by atoms with Crippen molar-refractivity contribution in [2.45, 2.75) is 32.3 Å². The molecule has 1 aromatic carbocycles. The van der Waals surface area contributed by atoms with Crippen molar-refractivity contribution in [1.29, 1.82) is 0 Å². The van der Waals surface area contributed by atoms with Gasteiger partial charge in [-0.1, -0.05) is 12.1 Å². The van der Waals surface area contributed by atoms with Crippen molar-refractivity contribution in [2.75, 3.05) is 49.1 Å². The molecule has 2 aliphatic heterocycles. The number of rotatable bonds is 5. The lowest BCUT2D eigenvalue weighted by atomic mass is 10.1. The highest BCUT2D eigenvalue weighted by molar-refractivity contribution is 5.81. The number of para-hydroxylation sites is 1. The second kappa shape index (κ2) is 9.28. The van der Waals surface area contributed by atoms with E-state index < -0.39 is 11.9 Å². The number of hydrogen-bond acceptors (Lipinski definition) is 6. The molecular weight excluding hydrogens is 385 g/mol. The molecule has 2 saturated heterocycles. The van der Waals surface area contributed by atoms with Crippen molar-refractivity contribution in [1.82, 2.24) is 14.9 Å². The average Bonchev–Trinajstić information content (AvgIpc) is 2.81. The summed E-state index contributed by atoms with van der Waals surface area (Å²) in [6, 6.07) is 8.07. The normalized spacial score (nSPS) is 18.3. The number of piperidine rings is 1. The highest BCUT2D eigenvalue weighted by Gasteiger charge is 2.27. The lowest BCUT2D eigenvalue weighted by molar-refractivity contribution is -0.138. The molecule has 1 aromatic heterocycles. The minimum absolute atomic E-state index is 0.100. The topological polar surface area (TPSA) is 61.8 Å². The van der Waals surface area contributed by atoms with Gasteiger partial charge in [0.2, 0.25) is 5.95 Å². The number of ether oxygens (including phenoxy) is 1. The van der Waals surface area contributed by atoms with Crippen LogP contribution in [0.1, 0.15) is 26.2 Å². The summed E-state index contributed by atoms with van der Waals surface area (Å²) < 4.78 is 19.3. The molecule has 0 saturated carbocycles. The van der Waals surface area contributed by atoms with E-state index in [-0.39, 0.29) is 11.7 Å². The third-order valence-electron chi connectivity index (χ3n) is 5.67. The Morgan fingerprint density at radius 2 is 1.73 bits per heavy atom. The van der Waals surface area contributed by atoms with Crippen LogP contribution >= 0.6 is 0 Å². The lowest BCUT2D eigenvalue weighted by Gasteiger charge is -2.36. The van der Waals surface area contributed by atoms with Crippen LogP contribution in [0.2, 0.25) is 0 Å². The largest absolute Gasteiger partial charge is 0.478 e. The Kier molecular flexibility index (Phi) is 6.30. The fourth-order valence-electron chi connectivity index (χ4n) is 3.96. The maximum absolute atomic E-state index is 13.8. The summed E-state index contributed by atoms with van der Waals surface area (Å²) in [6.45, 7) is 6.21. The molecule has 30 heavy (non-hydrogen) atoms. The number of nitrogens with zero attached hydrogens (tertiary/aromatic N) is 5. The Bertz CT molecular complexity index is 866. The van der Waals surface area contributed by atoms with Crippen LogP contribution in [0, 0.1) is 5.82 Å². The smallest absolute Gasteiger partial charge is 0.263 e. The van der Waals surface area contributed by atoms with Crippen LogP contribution in [0.3, 0.4) is 0 Å². The second-order valence-corrected chi connectivity index (χ2v) is 7.77. The number of benzene rings is 1. The Morgan fingerprint density at radius 1 is 1.00 bits per heavy atom. The SMILES string of the molecule is CC(Oc1ccccc1F)C(=O)N1CCN(c2ccnc(N3CCCCC3)n2)CC1. The summed E-state index contributed by atoms with van der Waals surface area (Å²) in [6.07, 6.45) is 4.71. The number of carbonyl (C=O) groups is 1. The zero-order valence-electron chi connectivity index (χ0n) is 17.3. The summed E-state index contributed by atoms with van der Waals surface area (Å²) in [4.78, 5) is 28.2. The van der Waals surface area contributed by atoms with Gasteiger partial charge in [0.25, 0.3) is 5.91 Å². The van der Waals surface area contributed by atoms with Crippen molar-refractivity contribution < 1.29 is 13.9 Å². The van der Waals surface area contributed by atoms with Crippen molar-refractivity contribution in [3.63, 3.8) is 0 Å². The molecule has 0 radical (unpaired) electrons. The zero-order chi connectivity index (χ0) is 20.9. The Hall–Kier alpha value is -2.90. The first kappa shape index (κ1) is 20.4. The number of anilines is 2. The molecule has 2 aliphatic rings. The monoisotopic (exact) mass is 413 g/mol. The fourth-order valence-corrected chi connectivity index (χ4v) is 3.96. The third-order valence-corrected chi connectivity index (χ3v) is 5.67. The first-order valence-corrected chi connectivity index (χ1v) is 10.6. The van der Waals surface area contributed by atoms with Gasteiger partial charge in [-0.2, -0.15) is 4.98 Å². The highest BCUT2D eigenvalue weighted by Crippen LogP contribution is 2.21. The van der Waals surface area contributed by atoms with Gasteiger partial charge in [0.1, 0.15) is 5.82 Å². The molecule has 2 aromatic rings. The minimum Gasteiger partial charge on any atom is -0.478 e. The summed E-state index contributed by atoms with van der Waals surface area (Å²) in [5, 5.41) is 0. The predicted molar refractivity (Wildman–Crippen MR) is 113 cm³/mol. The summed E-state index contributed by atoms with van der Waals surface area (Å²) >= 11 is 0. The maximum atomic E-state index is 13.8. The van der Waals surface area contributed by atoms with Gasteiger partial charge < -0.3 is 19.4 Å². The molecule has 4 rings (SSSR count). The van der Waals surface area contributed by atoms with Crippen LogP contribution in [-0.2, 0) is 4.79 Å². The zero-order valence-corrected chi connectivity index (χ0v) is 17.3. The Balaban J connectivity index is 1.33. The van der Waals surface area contributed by atoms with Gasteiger partial charge in [-0.25, -0.2) is 9.37 Å². The number of halogens is 1. The van der Waals surface area contributed by atoms with Gasteiger partial charge in [0, 0.05) is 45.5 Å². The van der Waals surface area contributed by atoms with E-state index >= 15 is 0 Å². The van der Waals surface area contributed by atoms with Gasteiger partial charge in [-0.05, 0) is 44.4 Å². The van der Waals surface area contributed by atoms with E-state index in [0.29, 0.717) is 26.2 Å². The second-order valence-electron chi connectivity index (χ2n) is 7.77. The standard InChI is InChI=1S/C22H28FN5O2/c1-17(30-19-8-4-3-7-18(19)23)21(29)27-15-13-26(14-16-27)20-9-10-24-22(25-20)28-11-5-2-6-12-28/h3-4,7-10,17H,2,5-6,11-16H2,1H3. The van der Waals surface area contributed by atoms with Gasteiger partial charge in [0.15, 0.2) is 17.7 Å². The summed E-state index contributed by atoms with van der Waals surface area (Å²) in [7, 11) is 0. The average molecular weight is 413 g/mol. The number of aromatic nitrogens is 2. The predicted octanol–water partition coefficient (Wildman–Crippen LogP) is 2.72. The van der Waals surface area contributed by atoms with Gasteiger partial charge in [0.05, 0.1) is 0 Å². The molecule has 0 spiro atoms. The number of amides is 1. The van der Waals surface area contributed by atoms with E-state index in [4.69, 9.17) is 9.72 Å². The molecule has 2 fully saturated rings. The highest BCUT2D eigenvalue weighted by atomic mass is 19.1. The van der Waals surface area contributed by atoms with E-state index in [9.17, 15) is 9.18 Å². The quantitative estimate of drug-likeness (QED) is 0.751. The van der Waals surface area contributed by atoms with Crippen molar-refractivity contribution >= 4 is 17.7 Å². The molecule has 1 unspecified atom stereocenters. The number of carbonyl (C=O) groups excluding carboxylic acids is 1. The Labute approximate surface area is 176 Å². The Morgan fingerprint density at radius 3 is 2.47 bits per heavy atom. The van der Waals surface area contributed by atoms with E-state index in [2.05, 4.69) is 14.8 Å². The first-order valence-electron chi connectivity index (χ1n) is 10.6. The van der Waals surface area contributed by atoms with E-state index in [1.807, 2.05) is 12.3 Å². The molecule has 3 heterocycles. The first-order chi connectivity index (χ1) is 14.6. The van der Waals surface area contributed by atoms with Crippen molar-refractivity contribution in [3.8, 4) is 5.75 Å². The van der Waals surface area contributed by atoms with Gasteiger partial charge >= 0.3 is 0 Å². The van der Waals surface area contributed by atoms with Crippen molar-refractivity contribution in [3.05, 3.63) is 42.3 Å². The van der Waals surface area contributed by atoms with Crippen LogP contribution in [0.4, 0.5) is 16.2 Å². The van der Waals surface area contributed by atoms with Gasteiger partial charge in [-0.3, -0.25) is 4.79 Å². The molecule has 0 aliphatic carbocycles. The van der Waals surface area contributed by atoms with Crippen LogP contribution in [-0.4, -0.2) is 66.1 Å². The molecular formula is C22H28FN5O2. The lowest BCUT2D eigenvalue weighted by Crippen LogP contribution is -2.52. The molecule has 160 valence electrons. The van der Waals surface area contributed by atoms with Crippen molar-refractivity contribution in [2.24, 2.45) is 0 Å². The third kappa shape index (κ3) is 4.63. The number of piperazine rings is 1. The minimum atomic E-state index is -0.738. The van der Waals surface area contributed by atoms with Crippen LogP contribution in [0.25, 0.3) is 0 Å². The maximum Gasteiger partial charge on any atom is 0.263 e. The molecule has 1 atom stereocenters. The van der Waals surface area contributed by atoms with Crippen LogP contribution in [0.5, 0.6) is 5.75 Å². The van der Waals surface area contributed by atoms with Crippen LogP contribution < -0.4 is 14.5 Å². The van der Waals surface area contributed by atoms with Gasteiger partial charge in [-0.15, -0.1) is 0 Å². The number of hydrogen-bond donors (Lipinski definition) is 0. The molecule has 1 amide bonds. The summed E-state index contributed by atoms with van der Waals surface area (Å²) in [5.41, 5.74) is 0.